The van der Waals surface area contributed by atoms with Gasteiger partial charge in [0, 0.05) is 12.1 Å². The van der Waals surface area contributed by atoms with Gasteiger partial charge in [-0.15, -0.1) is 21.5 Å². The molecule has 1 aromatic carbocycles. The van der Waals surface area contributed by atoms with Crippen molar-refractivity contribution in [3.05, 3.63) is 57.5 Å². The lowest BCUT2D eigenvalue weighted by atomic mass is 10.3. The van der Waals surface area contributed by atoms with Gasteiger partial charge < -0.3 is 9.15 Å². The Morgan fingerprint density at radius 1 is 1.39 bits per heavy atom. The van der Waals surface area contributed by atoms with Crippen LogP contribution in [0, 0.1) is 15.9 Å². The monoisotopic (exact) mass is 335 g/mol. The maximum Gasteiger partial charge on any atom is 0.311 e. The lowest BCUT2D eigenvalue weighted by Crippen LogP contribution is -2.05. The minimum absolute atomic E-state index is 0.145. The molecule has 0 spiro atoms. The van der Waals surface area contributed by atoms with Crippen LogP contribution in [0.1, 0.15) is 18.9 Å². The Kier molecular flexibility index (Phi) is 4.02. The molecular formula is C14H10FN3O4S. The molecule has 118 valence electrons. The number of hydrogen-bond donors (Lipinski definition) is 0. The van der Waals surface area contributed by atoms with E-state index in [-0.39, 0.29) is 17.3 Å². The fourth-order valence-corrected chi connectivity index (χ4v) is 2.52. The van der Waals surface area contributed by atoms with Gasteiger partial charge in [0.05, 0.1) is 9.80 Å². The second-order valence-corrected chi connectivity index (χ2v) is 5.50. The molecule has 7 nitrogen and oxygen atoms in total. The highest BCUT2D eigenvalue weighted by Crippen LogP contribution is 2.32. The van der Waals surface area contributed by atoms with Gasteiger partial charge in [0.25, 0.3) is 11.8 Å². The quantitative estimate of drug-likeness (QED) is 0.517. The predicted molar refractivity (Wildman–Crippen MR) is 79.7 cm³/mol. The van der Waals surface area contributed by atoms with E-state index in [9.17, 15) is 14.5 Å². The number of rotatable bonds is 5. The van der Waals surface area contributed by atoms with Crippen LogP contribution >= 0.6 is 11.3 Å². The number of nitro groups is 1. The van der Waals surface area contributed by atoms with Gasteiger partial charge in [-0.3, -0.25) is 10.1 Å². The number of halogens is 1. The van der Waals surface area contributed by atoms with Gasteiger partial charge >= 0.3 is 5.69 Å². The van der Waals surface area contributed by atoms with Gasteiger partial charge in [-0.1, -0.05) is 6.07 Å². The number of nitrogens with zero attached hydrogens (tertiary/aromatic N) is 3. The zero-order valence-electron chi connectivity index (χ0n) is 11.8. The van der Waals surface area contributed by atoms with E-state index >= 15 is 0 Å². The molecule has 9 heteroatoms. The summed E-state index contributed by atoms with van der Waals surface area (Å²) >= 11 is 1.44. The molecule has 0 saturated heterocycles. The average molecular weight is 335 g/mol. The van der Waals surface area contributed by atoms with Crippen molar-refractivity contribution in [1.29, 1.82) is 0 Å². The van der Waals surface area contributed by atoms with Gasteiger partial charge in [-0.2, -0.15) is 0 Å². The highest BCUT2D eigenvalue weighted by molar-refractivity contribution is 7.13. The van der Waals surface area contributed by atoms with Gasteiger partial charge in [-0.05, 0) is 24.4 Å². The normalized spacial score (nSPS) is 12.1. The van der Waals surface area contributed by atoms with E-state index < -0.39 is 16.8 Å². The Balaban J connectivity index is 1.84. The summed E-state index contributed by atoms with van der Waals surface area (Å²) in [5.74, 6) is -0.355. The summed E-state index contributed by atoms with van der Waals surface area (Å²) in [5.41, 5.74) is -0.337. The number of thiophene rings is 1. The van der Waals surface area contributed by atoms with E-state index in [0.717, 1.165) is 23.1 Å². The molecule has 3 rings (SSSR count). The van der Waals surface area contributed by atoms with Crippen LogP contribution in [0.2, 0.25) is 0 Å². The predicted octanol–water partition coefficient (Wildman–Crippen LogP) is 3.99. The topological polar surface area (TPSA) is 91.3 Å². The number of nitro benzene ring substituents is 1. The highest BCUT2D eigenvalue weighted by Gasteiger charge is 2.22. The van der Waals surface area contributed by atoms with Crippen LogP contribution in [-0.4, -0.2) is 15.1 Å². The summed E-state index contributed by atoms with van der Waals surface area (Å²) in [7, 11) is 0. The summed E-state index contributed by atoms with van der Waals surface area (Å²) in [6.07, 6.45) is -0.767. The summed E-state index contributed by atoms with van der Waals surface area (Å²) in [4.78, 5) is 11.1. The van der Waals surface area contributed by atoms with E-state index in [4.69, 9.17) is 9.15 Å². The molecule has 2 heterocycles. The second-order valence-electron chi connectivity index (χ2n) is 4.55. The molecule has 0 bridgehead atoms. The Morgan fingerprint density at radius 2 is 2.22 bits per heavy atom. The Labute approximate surface area is 133 Å². The van der Waals surface area contributed by atoms with Crippen molar-refractivity contribution in [3.8, 4) is 16.5 Å². The first-order valence-electron chi connectivity index (χ1n) is 6.52. The van der Waals surface area contributed by atoms with Crippen molar-refractivity contribution in [2.75, 3.05) is 0 Å². The van der Waals surface area contributed by atoms with Crippen LogP contribution in [0.4, 0.5) is 10.1 Å². The van der Waals surface area contributed by atoms with Crippen molar-refractivity contribution < 1.29 is 18.5 Å². The zero-order chi connectivity index (χ0) is 16.4. The largest absolute Gasteiger partial charge is 0.474 e. The molecule has 0 aliphatic rings. The zero-order valence-corrected chi connectivity index (χ0v) is 12.6. The van der Waals surface area contributed by atoms with Crippen LogP contribution in [-0.2, 0) is 0 Å². The first-order valence-corrected chi connectivity index (χ1v) is 7.40. The summed E-state index contributed by atoms with van der Waals surface area (Å²) in [6, 6.07) is 6.66. The van der Waals surface area contributed by atoms with Crippen molar-refractivity contribution in [3.63, 3.8) is 0 Å². The van der Waals surface area contributed by atoms with Crippen molar-refractivity contribution in [2.45, 2.75) is 13.0 Å². The summed E-state index contributed by atoms with van der Waals surface area (Å²) < 4.78 is 24.2. The van der Waals surface area contributed by atoms with E-state index in [1.165, 1.54) is 11.3 Å². The van der Waals surface area contributed by atoms with Gasteiger partial charge in [0.1, 0.15) is 5.82 Å². The molecule has 0 fully saturated rings. The van der Waals surface area contributed by atoms with Crippen LogP contribution in [0.5, 0.6) is 5.75 Å². The van der Waals surface area contributed by atoms with E-state index in [1.54, 1.807) is 6.92 Å². The van der Waals surface area contributed by atoms with E-state index in [2.05, 4.69) is 10.2 Å². The number of aromatic nitrogens is 2. The minimum atomic E-state index is -0.767. The Morgan fingerprint density at radius 3 is 2.91 bits per heavy atom. The standard InChI is InChI=1S/C14H10FN3O4S/c1-8(13-16-17-14(22-13)12-3-2-6-23-12)21-11-7-9(15)4-5-10(11)18(19)20/h2-8H,1H3/t8-/m0/s1. The number of benzene rings is 1. The SMILES string of the molecule is C[C@H](Oc1cc(F)ccc1[N+](=O)[O-])c1nnc(-c2cccs2)o1. The molecule has 0 amide bonds. The fourth-order valence-electron chi connectivity index (χ4n) is 1.87. The minimum Gasteiger partial charge on any atom is -0.474 e. The van der Waals surface area contributed by atoms with Crippen LogP contribution in [0.15, 0.2) is 40.1 Å². The van der Waals surface area contributed by atoms with E-state index in [0.29, 0.717) is 5.89 Å². The molecule has 0 aliphatic carbocycles. The molecule has 0 unspecified atom stereocenters. The average Bonchev–Trinajstić information content (AvgIpc) is 3.18. The molecule has 23 heavy (non-hydrogen) atoms. The van der Waals surface area contributed by atoms with Gasteiger partial charge in [0.15, 0.2) is 6.10 Å². The van der Waals surface area contributed by atoms with Crippen LogP contribution < -0.4 is 4.74 Å². The molecule has 2 aromatic heterocycles. The third kappa shape index (κ3) is 3.19. The van der Waals surface area contributed by atoms with Crippen LogP contribution in [0.25, 0.3) is 10.8 Å². The number of hydrogen-bond acceptors (Lipinski definition) is 7. The third-order valence-electron chi connectivity index (χ3n) is 2.94. The van der Waals surface area contributed by atoms with Crippen molar-refractivity contribution >= 4 is 17.0 Å². The van der Waals surface area contributed by atoms with Crippen LogP contribution in [0.3, 0.4) is 0 Å². The van der Waals surface area contributed by atoms with Crippen molar-refractivity contribution in [2.24, 2.45) is 0 Å². The lowest BCUT2D eigenvalue weighted by Gasteiger charge is -2.11. The first kappa shape index (κ1) is 15.1. The smallest absolute Gasteiger partial charge is 0.311 e. The molecule has 0 saturated carbocycles. The Bertz CT molecular complexity index is 834. The maximum absolute atomic E-state index is 13.3. The van der Waals surface area contributed by atoms with Gasteiger partial charge in [-0.25, -0.2) is 4.39 Å². The second kappa shape index (κ2) is 6.13. The molecule has 0 N–H and O–H groups in total. The summed E-state index contributed by atoms with van der Waals surface area (Å²) in [6.45, 7) is 1.58. The van der Waals surface area contributed by atoms with Crippen molar-refractivity contribution in [1.82, 2.24) is 10.2 Å². The molecule has 1 atom stereocenters. The lowest BCUT2D eigenvalue weighted by molar-refractivity contribution is -0.386. The third-order valence-corrected chi connectivity index (χ3v) is 3.80. The fraction of sp³-hybridized carbons (Fsp3) is 0.143. The Hall–Kier alpha value is -2.81. The first-order chi connectivity index (χ1) is 11.0. The number of ether oxygens (including phenoxy) is 1. The maximum atomic E-state index is 13.3. The molecule has 0 aliphatic heterocycles. The molecule has 0 radical (unpaired) electrons. The molecular weight excluding hydrogens is 325 g/mol. The summed E-state index contributed by atoms with van der Waals surface area (Å²) in [5, 5.41) is 20.6. The highest BCUT2D eigenvalue weighted by atomic mass is 32.1. The van der Waals surface area contributed by atoms with E-state index in [1.807, 2.05) is 17.5 Å². The van der Waals surface area contributed by atoms with Gasteiger partial charge in [0.2, 0.25) is 5.75 Å². The molecule has 3 aromatic rings.